The van der Waals surface area contributed by atoms with Gasteiger partial charge in [0, 0.05) is 30.5 Å². The minimum absolute atomic E-state index is 0.109. The van der Waals surface area contributed by atoms with Crippen molar-refractivity contribution in [1.82, 2.24) is 0 Å². The minimum atomic E-state index is -2.44. The fraction of sp³-hybridized carbons (Fsp3) is 0.265. The standard InChI is InChI=1S/C34H36O5S/c35-25-30(36)32(37,22-27-15-7-2-8-16-27)34(39,24-29-19-11-4-12-20-29)33(38,23-28-17-9-3-10-18-28)31(40)21-26-13-5-1-6-14-26/h1-20,30,35-39H,21-25H2/t30-,32-,33+,34+/m1/s1. The van der Waals surface area contributed by atoms with E-state index in [1.165, 1.54) is 0 Å². The minimum Gasteiger partial charge on any atom is -0.394 e. The summed E-state index contributed by atoms with van der Waals surface area (Å²) in [7, 11) is 0. The van der Waals surface area contributed by atoms with Gasteiger partial charge in [-0.25, -0.2) is 0 Å². The van der Waals surface area contributed by atoms with Gasteiger partial charge in [0.1, 0.15) is 22.9 Å². The molecule has 0 heterocycles. The monoisotopic (exact) mass is 556 g/mol. The lowest BCUT2D eigenvalue weighted by molar-refractivity contribution is -0.258. The first-order valence-electron chi connectivity index (χ1n) is 13.4. The lowest BCUT2D eigenvalue weighted by Gasteiger charge is -2.54. The Morgan fingerprint density at radius 3 is 1.38 bits per heavy atom. The summed E-state index contributed by atoms with van der Waals surface area (Å²) in [4.78, 5) is 0.109. The summed E-state index contributed by atoms with van der Waals surface area (Å²) in [5, 5.41) is 59.6. The molecule has 0 aliphatic heterocycles. The molecule has 0 unspecified atom stereocenters. The number of rotatable bonds is 13. The molecule has 0 saturated carbocycles. The van der Waals surface area contributed by atoms with Gasteiger partial charge >= 0.3 is 0 Å². The van der Waals surface area contributed by atoms with E-state index in [-0.39, 0.29) is 30.5 Å². The van der Waals surface area contributed by atoms with Gasteiger partial charge in [-0.3, -0.25) is 0 Å². The number of aliphatic hydroxyl groups is 5. The van der Waals surface area contributed by atoms with Crippen LogP contribution in [-0.4, -0.2) is 59.9 Å². The molecule has 0 fully saturated rings. The van der Waals surface area contributed by atoms with E-state index in [1.54, 1.807) is 48.5 Å². The van der Waals surface area contributed by atoms with E-state index >= 15 is 0 Å². The third-order valence-electron chi connectivity index (χ3n) is 7.72. The Balaban J connectivity index is 1.94. The maximum atomic E-state index is 12.9. The van der Waals surface area contributed by atoms with E-state index in [0.717, 1.165) is 5.56 Å². The molecule has 0 saturated heterocycles. The van der Waals surface area contributed by atoms with Crippen LogP contribution in [0.3, 0.4) is 0 Å². The van der Waals surface area contributed by atoms with Crippen molar-refractivity contribution >= 4 is 17.1 Å². The summed E-state index contributed by atoms with van der Waals surface area (Å²) in [6.07, 6.45) is -2.27. The topological polar surface area (TPSA) is 101 Å². The number of hydrogen-bond donors (Lipinski definition) is 5. The van der Waals surface area contributed by atoms with Gasteiger partial charge in [-0.1, -0.05) is 134 Å². The summed E-state index contributed by atoms with van der Waals surface area (Å²) in [5.74, 6) is 0. The normalized spacial score (nSPS) is 16.7. The third kappa shape index (κ3) is 6.23. The molecule has 0 amide bonds. The fourth-order valence-electron chi connectivity index (χ4n) is 5.44. The molecule has 5 N–H and O–H groups in total. The molecule has 4 aromatic rings. The fourth-order valence-corrected chi connectivity index (χ4v) is 5.85. The molecular formula is C34H36O5S. The van der Waals surface area contributed by atoms with E-state index in [1.807, 2.05) is 72.8 Å². The van der Waals surface area contributed by atoms with Crippen LogP contribution in [0.2, 0.25) is 0 Å². The van der Waals surface area contributed by atoms with Crippen LogP contribution in [0, 0.1) is 0 Å². The van der Waals surface area contributed by atoms with Gasteiger partial charge in [0.15, 0.2) is 0 Å². The van der Waals surface area contributed by atoms with Crippen LogP contribution in [0.25, 0.3) is 0 Å². The predicted molar refractivity (Wildman–Crippen MR) is 161 cm³/mol. The number of benzene rings is 4. The molecule has 6 heteroatoms. The Morgan fingerprint density at radius 2 is 0.950 bits per heavy atom. The molecule has 208 valence electrons. The maximum absolute atomic E-state index is 12.9. The van der Waals surface area contributed by atoms with Crippen molar-refractivity contribution in [3.63, 3.8) is 0 Å². The average molecular weight is 557 g/mol. The third-order valence-corrected chi connectivity index (χ3v) is 8.20. The highest BCUT2D eigenvalue weighted by molar-refractivity contribution is 7.80. The summed E-state index contributed by atoms with van der Waals surface area (Å²) in [5.41, 5.74) is -4.32. The molecule has 4 rings (SSSR count). The lowest BCUT2D eigenvalue weighted by Crippen LogP contribution is -2.76. The van der Waals surface area contributed by atoms with Crippen LogP contribution in [0.4, 0.5) is 0 Å². The zero-order chi connectivity index (χ0) is 28.6. The number of aliphatic hydroxyl groups excluding tert-OH is 2. The highest BCUT2D eigenvalue weighted by atomic mass is 32.1. The SMILES string of the molecule is OC[C@@H](O)[C@](O)(Cc1ccccc1)[C@@](O)(Cc1ccccc1)[C@](O)(Cc1ccccc1)C(=S)Cc1ccccc1. The number of hydrogen-bond acceptors (Lipinski definition) is 6. The van der Waals surface area contributed by atoms with Gasteiger partial charge in [0.05, 0.1) is 6.61 Å². The summed E-state index contributed by atoms with van der Waals surface area (Å²) in [6, 6.07) is 36.4. The Kier molecular flexibility index (Phi) is 9.64. The van der Waals surface area contributed by atoms with Gasteiger partial charge in [-0.05, 0) is 22.3 Å². The van der Waals surface area contributed by atoms with E-state index in [9.17, 15) is 25.5 Å². The second kappa shape index (κ2) is 13.0. The van der Waals surface area contributed by atoms with Crippen molar-refractivity contribution in [2.24, 2.45) is 0 Å². The highest BCUT2D eigenvalue weighted by Crippen LogP contribution is 2.44. The molecule has 0 radical (unpaired) electrons. The molecule has 4 atom stereocenters. The quantitative estimate of drug-likeness (QED) is 0.160. The van der Waals surface area contributed by atoms with Crippen LogP contribution in [-0.2, 0) is 25.7 Å². The van der Waals surface area contributed by atoms with Crippen LogP contribution in [0.1, 0.15) is 22.3 Å². The van der Waals surface area contributed by atoms with E-state index in [4.69, 9.17) is 12.2 Å². The van der Waals surface area contributed by atoms with Crippen LogP contribution in [0.5, 0.6) is 0 Å². The Labute approximate surface area is 241 Å². The van der Waals surface area contributed by atoms with Crippen LogP contribution >= 0.6 is 12.2 Å². The molecule has 0 aromatic heterocycles. The first-order chi connectivity index (χ1) is 19.2. The zero-order valence-electron chi connectivity index (χ0n) is 22.3. The van der Waals surface area contributed by atoms with Gasteiger partial charge < -0.3 is 25.5 Å². The summed E-state index contributed by atoms with van der Waals surface area (Å²) in [6.45, 7) is -0.840. The highest BCUT2D eigenvalue weighted by Gasteiger charge is 2.65. The summed E-state index contributed by atoms with van der Waals surface area (Å²) >= 11 is 5.93. The van der Waals surface area contributed by atoms with Crippen molar-refractivity contribution in [3.8, 4) is 0 Å². The molecule has 40 heavy (non-hydrogen) atoms. The molecule has 5 nitrogen and oxygen atoms in total. The van der Waals surface area contributed by atoms with Gasteiger partial charge in [0.2, 0.25) is 0 Å². The molecular weight excluding hydrogens is 520 g/mol. The van der Waals surface area contributed by atoms with E-state index in [0.29, 0.717) is 16.7 Å². The Hall–Kier alpha value is -3.23. The van der Waals surface area contributed by atoms with Crippen molar-refractivity contribution in [1.29, 1.82) is 0 Å². The molecule has 0 bridgehead atoms. The molecule has 0 aliphatic rings. The molecule has 0 spiro atoms. The van der Waals surface area contributed by atoms with Crippen molar-refractivity contribution in [2.45, 2.75) is 48.6 Å². The molecule has 0 aliphatic carbocycles. The first-order valence-corrected chi connectivity index (χ1v) is 13.8. The van der Waals surface area contributed by atoms with Crippen molar-refractivity contribution in [3.05, 3.63) is 144 Å². The number of thiocarbonyl (C=S) groups is 1. The lowest BCUT2D eigenvalue weighted by atomic mass is 9.60. The van der Waals surface area contributed by atoms with Crippen LogP contribution in [0.15, 0.2) is 121 Å². The predicted octanol–water partition coefficient (Wildman–Crippen LogP) is 3.87. The Bertz CT molecular complexity index is 1350. The van der Waals surface area contributed by atoms with Crippen LogP contribution < -0.4 is 0 Å². The maximum Gasteiger partial charge on any atom is 0.134 e. The first kappa shape index (κ1) is 29.7. The second-order valence-electron chi connectivity index (χ2n) is 10.4. The van der Waals surface area contributed by atoms with Gasteiger partial charge in [0.25, 0.3) is 0 Å². The van der Waals surface area contributed by atoms with Gasteiger partial charge in [-0.15, -0.1) is 0 Å². The van der Waals surface area contributed by atoms with Crippen molar-refractivity contribution < 1.29 is 25.5 Å². The van der Waals surface area contributed by atoms with E-state index < -0.39 is 29.5 Å². The second-order valence-corrected chi connectivity index (χ2v) is 10.9. The summed E-state index contributed by atoms with van der Waals surface area (Å²) < 4.78 is 0. The molecule has 4 aromatic carbocycles. The Morgan fingerprint density at radius 1 is 0.575 bits per heavy atom. The zero-order valence-corrected chi connectivity index (χ0v) is 23.1. The van der Waals surface area contributed by atoms with Crippen molar-refractivity contribution in [2.75, 3.05) is 6.61 Å². The largest absolute Gasteiger partial charge is 0.394 e. The van der Waals surface area contributed by atoms with E-state index in [2.05, 4.69) is 0 Å². The average Bonchev–Trinajstić information content (AvgIpc) is 2.98. The smallest absolute Gasteiger partial charge is 0.134 e. The van der Waals surface area contributed by atoms with Gasteiger partial charge in [-0.2, -0.15) is 0 Å².